The highest BCUT2D eigenvalue weighted by Crippen LogP contribution is 2.22. The molecule has 25 heavy (non-hydrogen) atoms. The van der Waals surface area contributed by atoms with Crippen LogP contribution >= 0.6 is 11.6 Å². The molecule has 0 saturated carbocycles. The van der Waals surface area contributed by atoms with Crippen molar-refractivity contribution in [1.82, 2.24) is 5.43 Å². The Labute approximate surface area is 151 Å². The van der Waals surface area contributed by atoms with Gasteiger partial charge in [-0.3, -0.25) is 4.79 Å². The minimum Gasteiger partial charge on any atom is -0.376 e. The Bertz CT molecular complexity index is 914. The maximum atomic E-state index is 12.0. The number of nitrogens with zero attached hydrogens (tertiary/aromatic N) is 1. The number of rotatable bonds is 5. The van der Waals surface area contributed by atoms with E-state index in [2.05, 4.69) is 15.8 Å². The van der Waals surface area contributed by atoms with Gasteiger partial charge >= 0.3 is 0 Å². The van der Waals surface area contributed by atoms with E-state index in [1.807, 2.05) is 61.5 Å². The lowest BCUT2D eigenvalue weighted by Crippen LogP contribution is -2.26. The summed E-state index contributed by atoms with van der Waals surface area (Å²) >= 11 is 5.87. The van der Waals surface area contributed by atoms with Crippen LogP contribution in [-0.2, 0) is 4.79 Å². The molecule has 0 atom stereocenters. The van der Waals surface area contributed by atoms with Crippen LogP contribution in [-0.4, -0.2) is 18.2 Å². The molecule has 3 aromatic carbocycles. The molecule has 0 aromatic heterocycles. The molecule has 2 N–H and O–H groups in total. The van der Waals surface area contributed by atoms with Crippen LogP contribution < -0.4 is 10.7 Å². The largest absolute Gasteiger partial charge is 0.376 e. The van der Waals surface area contributed by atoms with Crippen molar-refractivity contribution in [3.63, 3.8) is 0 Å². The number of hydrogen-bond acceptors (Lipinski definition) is 3. The van der Waals surface area contributed by atoms with Crippen molar-refractivity contribution < 1.29 is 4.79 Å². The Hall–Kier alpha value is -2.85. The second-order valence-corrected chi connectivity index (χ2v) is 6.06. The SMILES string of the molecule is C/C(=N/NC(=O)CNc1cccc2ccccc12)c1ccc(Cl)cc1. The van der Waals surface area contributed by atoms with E-state index in [9.17, 15) is 4.79 Å². The topological polar surface area (TPSA) is 53.5 Å². The fraction of sp³-hybridized carbons (Fsp3) is 0.100. The third-order valence-electron chi connectivity index (χ3n) is 3.84. The molecule has 1 amide bonds. The van der Waals surface area contributed by atoms with Gasteiger partial charge in [0.25, 0.3) is 5.91 Å². The zero-order valence-corrected chi connectivity index (χ0v) is 14.5. The van der Waals surface area contributed by atoms with Crippen molar-refractivity contribution in [2.24, 2.45) is 5.10 Å². The summed E-state index contributed by atoms with van der Waals surface area (Å²) in [6.07, 6.45) is 0. The van der Waals surface area contributed by atoms with Crippen LogP contribution in [0.15, 0.2) is 71.8 Å². The number of fused-ring (bicyclic) bond motifs is 1. The lowest BCUT2D eigenvalue weighted by molar-refractivity contribution is -0.119. The first-order valence-electron chi connectivity index (χ1n) is 7.94. The van der Waals surface area contributed by atoms with Gasteiger partial charge in [-0.1, -0.05) is 60.1 Å². The molecular formula is C20H18ClN3O. The average molecular weight is 352 g/mol. The van der Waals surface area contributed by atoms with Crippen molar-refractivity contribution in [1.29, 1.82) is 0 Å². The number of carbonyl (C=O) groups is 1. The first-order valence-corrected chi connectivity index (χ1v) is 8.32. The van der Waals surface area contributed by atoms with Gasteiger partial charge in [0.2, 0.25) is 0 Å². The molecule has 0 bridgehead atoms. The number of amides is 1. The Kier molecular flexibility index (Phi) is 5.31. The number of hydrogen-bond donors (Lipinski definition) is 2. The van der Waals surface area contributed by atoms with Crippen molar-refractivity contribution in [2.75, 3.05) is 11.9 Å². The number of benzene rings is 3. The fourth-order valence-electron chi connectivity index (χ4n) is 2.50. The summed E-state index contributed by atoms with van der Waals surface area (Å²) in [6, 6.07) is 21.3. The van der Waals surface area contributed by atoms with E-state index in [1.54, 1.807) is 12.1 Å². The highest BCUT2D eigenvalue weighted by Gasteiger charge is 2.04. The van der Waals surface area contributed by atoms with Crippen molar-refractivity contribution in [2.45, 2.75) is 6.92 Å². The predicted octanol–water partition coefficient (Wildman–Crippen LogP) is 4.45. The molecule has 126 valence electrons. The van der Waals surface area contributed by atoms with Crippen LogP contribution in [0, 0.1) is 0 Å². The molecule has 0 radical (unpaired) electrons. The summed E-state index contributed by atoms with van der Waals surface area (Å²) in [5.74, 6) is -0.207. The van der Waals surface area contributed by atoms with E-state index < -0.39 is 0 Å². The average Bonchev–Trinajstić information content (AvgIpc) is 2.65. The highest BCUT2D eigenvalue weighted by molar-refractivity contribution is 6.30. The molecule has 4 nitrogen and oxygen atoms in total. The standard InChI is InChI=1S/C20H18ClN3O/c1-14(15-9-11-17(21)12-10-15)23-24-20(25)13-22-19-8-4-6-16-5-2-3-7-18(16)19/h2-12,22H,13H2,1H3,(H,24,25)/b23-14-. The molecule has 0 aliphatic carbocycles. The lowest BCUT2D eigenvalue weighted by atomic mass is 10.1. The van der Waals surface area contributed by atoms with Gasteiger partial charge in [-0.15, -0.1) is 0 Å². The number of nitrogens with one attached hydrogen (secondary N) is 2. The fourth-order valence-corrected chi connectivity index (χ4v) is 2.62. The van der Waals surface area contributed by atoms with Crippen LogP contribution in [0.2, 0.25) is 5.02 Å². The van der Waals surface area contributed by atoms with Crippen LogP contribution in [0.5, 0.6) is 0 Å². The van der Waals surface area contributed by atoms with Gasteiger partial charge in [0.15, 0.2) is 0 Å². The number of carbonyl (C=O) groups excluding carboxylic acids is 1. The lowest BCUT2D eigenvalue weighted by Gasteiger charge is -2.09. The smallest absolute Gasteiger partial charge is 0.259 e. The van der Waals surface area contributed by atoms with E-state index in [0.717, 1.165) is 27.7 Å². The summed E-state index contributed by atoms with van der Waals surface area (Å²) in [6.45, 7) is 1.98. The second-order valence-electron chi connectivity index (χ2n) is 5.62. The van der Waals surface area contributed by atoms with Crippen LogP contribution in [0.3, 0.4) is 0 Å². The molecule has 0 aliphatic heterocycles. The molecular weight excluding hydrogens is 334 g/mol. The van der Waals surface area contributed by atoms with Crippen LogP contribution in [0.25, 0.3) is 10.8 Å². The van der Waals surface area contributed by atoms with E-state index in [0.29, 0.717) is 5.02 Å². The number of anilines is 1. The zero-order valence-electron chi connectivity index (χ0n) is 13.8. The van der Waals surface area contributed by atoms with Gasteiger partial charge in [0, 0.05) is 16.1 Å². The van der Waals surface area contributed by atoms with Gasteiger partial charge in [0.05, 0.1) is 12.3 Å². The number of hydrazone groups is 1. The summed E-state index contributed by atoms with van der Waals surface area (Å²) in [7, 11) is 0. The Balaban J connectivity index is 1.61. The van der Waals surface area contributed by atoms with Crippen molar-refractivity contribution in [3.8, 4) is 0 Å². The Morgan fingerprint density at radius 1 is 1.00 bits per heavy atom. The van der Waals surface area contributed by atoms with Gasteiger partial charge in [-0.2, -0.15) is 5.10 Å². The minimum atomic E-state index is -0.207. The van der Waals surface area contributed by atoms with Gasteiger partial charge in [-0.05, 0) is 36.1 Å². The number of halogens is 1. The van der Waals surface area contributed by atoms with E-state index in [1.165, 1.54) is 0 Å². The summed E-state index contributed by atoms with van der Waals surface area (Å²) in [5.41, 5.74) is 5.12. The third kappa shape index (κ3) is 4.37. The van der Waals surface area contributed by atoms with E-state index in [-0.39, 0.29) is 12.5 Å². The molecule has 0 aliphatic rings. The zero-order chi connectivity index (χ0) is 17.6. The Morgan fingerprint density at radius 2 is 1.72 bits per heavy atom. The molecule has 5 heteroatoms. The van der Waals surface area contributed by atoms with Gasteiger partial charge in [-0.25, -0.2) is 5.43 Å². The van der Waals surface area contributed by atoms with Crippen molar-refractivity contribution in [3.05, 3.63) is 77.3 Å². The summed E-state index contributed by atoms with van der Waals surface area (Å²) in [4.78, 5) is 12.0. The molecule has 0 saturated heterocycles. The first-order chi connectivity index (χ1) is 12.1. The van der Waals surface area contributed by atoms with Crippen molar-refractivity contribution >= 4 is 39.7 Å². The predicted molar refractivity (Wildman–Crippen MR) is 104 cm³/mol. The van der Waals surface area contributed by atoms with Crippen LogP contribution in [0.1, 0.15) is 12.5 Å². The van der Waals surface area contributed by atoms with Gasteiger partial charge < -0.3 is 5.32 Å². The highest BCUT2D eigenvalue weighted by atomic mass is 35.5. The second kappa shape index (κ2) is 7.81. The normalized spacial score (nSPS) is 11.4. The van der Waals surface area contributed by atoms with E-state index in [4.69, 9.17) is 11.6 Å². The Morgan fingerprint density at radius 3 is 2.52 bits per heavy atom. The third-order valence-corrected chi connectivity index (χ3v) is 4.09. The van der Waals surface area contributed by atoms with E-state index >= 15 is 0 Å². The summed E-state index contributed by atoms with van der Waals surface area (Å²) < 4.78 is 0. The quantitative estimate of drug-likeness (QED) is 0.527. The van der Waals surface area contributed by atoms with Crippen LogP contribution in [0.4, 0.5) is 5.69 Å². The first kappa shape index (κ1) is 17.0. The molecule has 3 aromatic rings. The van der Waals surface area contributed by atoms with Gasteiger partial charge in [0.1, 0.15) is 0 Å². The summed E-state index contributed by atoms with van der Waals surface area (Å²) in [5, 5.41) is 10.2. The molecule has 3 rings (SSSR count). The molecule has 0 fully saturated rings. The monoisotopic (exact) mass is 351 g/mol. The molecule has 0 heterocycles. The molecule has 0 unspecified atom stereocenters. The maximum absolute atomic E-state index is 12.0. The minimum absolute atomic E-state index is 0.144. The maximum Gasteiger partial charge on any atom is 0.259 e. The molecule has 0 spiro atoms.